The highest BCUT2D eigenvalue weighted by molar-refractivity contribution is 7.89. The molecular weight excluding hydrogens is 354 g/mol. The van der Waals surface area contributed by atoms with Crippen LogP contribution in [0.5, 0.6) is 0 Å². The zero-order chi connectivity index (χ0) is 18.6. The van der Waals surface area contributed by atoms with E-state index in [0.29, 0.717) is 0 Å². The van der Waals surface area contributed by atoms with E-state index in [0.717, 1.165) is 31.3 Å². The van der Waals surface area contributed by atoms with E-state index in [4.69, 9.17) is 0 Å². The Morgan fingerprint density at radius 1 is 1.04 bits per heavy atom. The molecule has 1 saturated heterocycles. The first-order valence-electron chi connectivity index (χ1n) is 8.48. The smallest absolute Gasteiger partial charge is 0.270 e. The maximum atomic E-state index is 12.3. The van der Waals surface area contributed by atoms with Crippen LogP contribution in [0.3, 0.4) is 0 Å². The average Bonchev–Trinajstić information content (AvgIpc) is 3.14. The molecule has 0 aliphatic carbocycles. The number of nitrogens with zero attached hydrogens (tertiary/aromatic N) is 2. The number of hydrogen-bond acceptors (Lipinski definition) is 5. The minimum absolute atomic E-state index is 0.114. The minimum Gasteiger partial charge on any atom is -0.299 e. The van der Waals surface area contributed by atoms with Gasteiger partial charge in [0.2, 0.25) is 10.0 Å². The second-order valence-electron chi connectivity index (χ2n) is 6.38. The monoisotopic (exact) mass is 375 g/mol. The number of nitro groups is 1. The largest absolute Gasteiger partial charge is 0.299 e. The normalized spacial score (nSPS) is 15.2. The Hall–Kier alpha value is -2.29. The highest BCUT2D eigenvalue weighted by atomic mass is 32.2. The van der Waals surface area contributed by atoms with Crippen LogP contribution in [-0.2, 0) is 23.1 Å². The molecule has 0 saturated carbocycles. The van der Waals surface area contributed by atoms with Crippen LogP contribution in [0.2, 0.25) is 0 Å². The lowest BCUT2D eigenvalue weighted by Crippen LogP contribution is -2.23. The van der Waals surface area contributed by atoms with E-state index in [-0.39, 0.29) is 17.1 Å². The van der Waals surface area contributed by atoms with Gasteiger partial charge in [-0.3, -0.25) is 15.0 Å². The molecule has 138 valence electrons. The van der Waals surface area contributed by atoms with Crippen molar-refractivity contribution in [1.82, 2.24) is 9.62 Å². The molecule has 1 fully saturated rings. The summed E-state index contributed by atoms with van der Waals surface area (Å²) in [5.41, 5.74) is 1.79. The van der Waals surface area contributed by atoms with E-state index in [1.54, 1.807) is 0 Å². The van der Waals surface area contributed by atoms with Gasteiger partial charge >= 0.3 is 0 Å². The van der Waals surface area contributed by atoms with Crippen molar-refractivity contribution in [3.05, 3.63) is 69.8 Å². The van der Waals surface area contributed by atoms with Crippen molar-refractivity contribution in [2.24, 2.45) is 0 Å². The first kappa shape index (κ1) is 18.5. The SMILES string of the molecule is O=[N+]([O-])c1cccc(S(=O)(=O)NCc2ccc(CN3CCCC3)cc2)c1. The fraction of sp³-hybridized carbons (Fsp3) is 0.333. The van der Waals surface area contributed by atoms with Crippen molar-refractivity contribution in [3.8, 4) is 0 Å². The molecule has 0 bridgehead atoms. The maximum absolute atomic E-state index is 12.3. The molecule has 7 nitrogen and oxygen atoms in total. The topological polar surface area (TPSA) is 92.5 Å². The summed E-state index contributed by atoms with van der Waals surface area (Å²) >= 11 is 0. The van der Waals surface area contributed by atoms with E-state index in [1.807, 2.05) is 24.3 Å². The van der Waals surface area contributed by atoms with Gasteiger partial charge in [-0.25, -0.2) is 13.1 Å². The second kappa shape index (κ2) is 7.94. The Kier molecular flexibility index (Phi) is 5.65. The van der Waals surface area contributed by atoms with E-state index in [9.17, 15) is 18.5 Å². The maximum Gasteiger partial charge on any atom is 0.270 e. The van der Waals surface area contributed by atoms with Crippen molar-refractivity contribution < 1.29 is 13.3 Å². The van der Waals surface area contributed by atoms with Gasteiger partial charge in [0, 0.05) is 25.2 Å². The van der Waals surface area contributed by atoms with Crippen molar-refractivity contribution in [1.29, 1.82) is 0 Å². The standard InChI is InChI=1S/C18H21N3O4S/c22-21(23)17-4-3-5-18(12-17)26(24,25)19-13-15-6-8-16(9-7-15)14-20-10-1-2-11-20/h3-9,12,19H,1-2,10-11,13-14H2. The summed E-state index contributed by atoms with van der Waals surface area (Å²) in [4.78, 5) is 12.5. The Labute approximate surface area is 152 Å². The van der Waals surface area contributed by atoms with Crippen molar-refractivity contribution in [2.45, 2.75) is 30.8 Å². The van der Waals surface area contributed by atoms with Crippen molar-refractivity contribution in [3.63, 3.8) is 0 Å². The minimum atomic E-state index is -3.81. The molecule has 8 heteroatoms. The lowest BCUT2D eigenvalue weighted by atomic mass is 10.1. The Balaban J connectivity index is 1.62. The second-order valence-corrected chi connectivity index (χ2v) is 8.15. The summed E-state index contributed by atoms with van der Waals surface area (Å²) in [6.45, 7) is 3.31. The van der Waals surface area contributed by atoms with Crippen molar-refractivity contribution in [2.75, 3.05) is 13.1 Å². The summed E-state index contributed by atoms with van der Waals surface area (Å²) in [5, 5.41) is 10.8. The van der Waals surface area contributed by atoms with Crippen LogP contribution >= 0.6 is 0 Å². The van der Waals surface area contributed by atoms with Crippen LogP contribution in [0.15, 0.2) is 53.4 Å². The molecule has 3 rings (SSSR count). The predicted octanol–water partition coefficient (Wildman–Crippen LogP) is 2.67. The van der Waals surface area contributed by atoms with Gasteiger partial charge in [-0.2, -0.15) is 0 Å². The first-order chi connectivity index (χ1) is 12.4. The molecule has 1 heterocycles. The fourth-order valence-electron chi connectivity index (χ4n) is 2.99. The van der Waals surface area contributed by atoms with Crippen LogP contribution < -0.4 is 4.72 Å². The van der Waals surface area contributed by atoms with Crippen LogP contribution in [0, 0.1) is 10.1 Å². The zero-order valence-corrected chi connectivity index (χ0v) is 15.1. The third-order valence-electron chi connectivity index (χ3n) is 4.43. The molecule has 2 aromatic rings. The summed E-state index contributed by atoms with van der Waals surface area (Å²) in [6.07, 6.45) is 2.50. The van der Waals surface area contributed by atoms with Gasteiger partial charge in [-0.05, 0) is 43.1 Å². The molecule has 0 unspecified atom stereocenters. The number of rotatable bonds is 7. The quantitative estimate of drug-likeness (QED) is 0.593. The molecule has 1 aliphatic rings. The Morgan fingerprint density at radius 3 is 2.35 bits per heavy atom. The van der Waals surface area contributed by atoms with E-state index in [2.05, 4.69) is 9.62 Å². The summed E-state index contributed by atoms with van der Waals surface area (Å²) in [6, 6.07) is 12.8. The molecule has 0 radical (unpaired) electrons. The third-order valence-corrected chi connectivity index (χ3v) is 5.83. The number of sulfonamides is 1. The van der Waals surface area contributed by atoms with Gasteiger partial charge in [0.25, 0.3) is 5.69 Å². The van der Waals surface area contributed by atoms with E-state index in [1.165, 1.54) is 36.6 Å². The average molecular weight is 375 g/mol. The molecule has 0 aromatic heterocycles. The number of likely N-dealkylation sites (tertiary alicyclic amines) is 1. The van der Waals surface area contributed by atoms with Crippen molar-refractivity contribution >= 4 is 15.7 Å². The van der Waals surface area contributed by atoms with Crippen LogP contribution in [0.1, 0.15) is 24.0 Å². The van der Waals surface area contributed by atoms with Gasteiger partial charge in [-0.1, -0.05) is 30.3 Å². The molecule has 0 atom stereocenters. The fourth-order valence-corrected chi connectivity index (χ4v) is 4.04. The number of hydrogen-bond donors (Lipinski definition) is 1. The Morgan fingerprint density at radius 2 is 1.69 bits per heavy atom. The highest BCUT2D eigenvalue weighted by Gasteiger charge is 2.17. The predicted molar refractivity (Wildman–Crippen MR) is 98.1 cm³/mol. The number of nitrogens with one attached hydrogen (secondary N) is 1. The van der Waals surface area contributed by atoms with Crippen LogP contribution in [0.25, 0.3) is 0 Å². The van der Waals surface area contributed by atoms with E-state index >= 15 is 0 Å². The van der Waals surface area contributed by atoms with Gasteiger partial charge < -0.3 is 0 Å². The number of non-ortho nitro benzene ring substituents is 1. The van der Waals surface area contributed by atoms with E-state index < -0.39 is 14.9 Å². The Bertz CT molecular complexity index is 876. The van der Waals surface area contributed by atoms with Gasteiger partial charge in [0.05, 0.1) is 9.82 Å². The highest BCUT2D eigenvalue weighted by Crippen LogP contribution is 2.18. The van der Waals surface area contributed by atoms with Gasteiger partial charge in [0.1, 0.15) is 0 Å². The summed E-state index contributed by atoms with van der Waals surface area (Å²) < 4.78 is 27.2. The van der Waals surface area contributed by atoms with Crippen LogP contribution in [-0.4, -0.2) is 31.3 Å². The molecule has 26 heavy (non-hydrogen) atoms. The number of nitro benzene ring substituents is 1. The van der Waals surface area contributed by atoms with Gasteiger partial charge in [-0.15, -0.1) is 0 Å². The lowest BCUT2D eigenvalue weighted by molar-refractivity contribution is -0.385. The zero-order valence-electron chi connectivity index (χ0n) is 14.3. The third kappa shape index (κ3) is 4.66. The first-order valence-corrected chi connectivity index (χ1v) is 9.97. The van der Waals surface area contributed by atoms with Crippen LogP contribution in [0.4, 0.5) is 5.69 Å². The molecule has 0 amide bonds. The molecule has 0 spiro atoms. The summed E-state index contributed by atoms with van der Waals surface area (Å²) in [5.74, 6) is 0. The lowest BCUT2D eigenvalue weighted by Gasteiger charge is -2.14. The molecular formula is C18H21N3O4S. The number of benzene rings is 2. The molecule has 1 aliphatic heterocycles. The summed E-state index contributed by atoms with van der Waals surface area (Å²) in [7, 11) is -3.81. The van der Waals surface area contributed by atoms with Gasteiger partial charge in [0.15, 0.2) is 0 Å². The molecule has 1 N–H and O–H groups in total. The molecule has 2 aromatic carbocycles.